The van der Waals surface area contributed by atoms with Crippen LogP contribution in [-0.4, -0.2) is 19.9 Å². The van der Waals surface area contributed by atoms with Gasteiger partial charge < -0.3 is 5.32 Å². The van der Waals surface area contributed by atoms with Crippen LogP contribution in [0.1, 0.15) is 42.4 Å². The third kappa shape index (κ3) is 2.94. The lowest BCUT2D eigenvalue weighted by molar-refractivity contribution is 0.102. The van der Waals surface area contributed by atoms with E-state index in [2.05, 4.69) is 10.4 Å². The van der Waals surface area contributed by atoms with Crippen molar-refractivity contribution in [2.24, 2.45) is 0 Å². The largest absolute Gasteiger partial charge is 0.306 e. The summed E-state index contributed by atoms with van der Waals surface area (Å²) in [4.78, 5) is 12.9. The van der Waals surface area contributed by atoms with Crippen molar-refractivity contribution >= 4 is 33.3 Å². The molecule has 2 heterocycles. The number of hydrogen-bond acceptors (Lipinski definition) is 3. The van der Waals surface area contributed by atoms with Gasteiger partial charge in [0, 0.05) is 21.9 Å². The highest BCUT2D eigenvalue weighted by Gasteiger charge is 2.31. The fraction of sp³-hybridized carbons (Fsp3) is 0.300. The molecule has 1 amide bonds. The Balaban J connectivity index is 1.72. The Morgan fingerprint density at radius 1 is 1.12 bits per heavy atom. The van der Waals surface area contributed by atoms with Crippen LogP contribution in [0.2, 0.25) is 0 Å². The van der Waals surface area contributed by atoms with Gasteiger partial charge in [-0.1, -0.05) is 30.3 Å². The SMILES string of the molecule is CC(C)(C)n1nc2c(c1NC(=O)c1ccc3ccccc3c1)CS(=O)C2. The third-order valence-corrected chi connectivity index (χ3v) is 5.75. The second-order valence-corrected chi connectivity index (χ2v) is 9.06. The number of carbonyl (C=O) groups excluding carboxylic acids is 1. The standard InChI is InChI=1S/C20H21N3O2S/c1-20(2,3)23-18(16-11-26(25)12-17(16)22-23)21-19(24)15-9-8-13-6-4-5-7-14(13)10-15/h4-10H,11-12H2,1-3H3,(H,21,24). The smallest absolute Gasteiger partial charge is 0.256 e. The number of nitrogens with one attached hydrogen (secondary N) is 1. The summed E-state index contributed by atoms with van der Waals surface area (Å²) >= 11 is 0. The number of fused-ring (bicyclic) bond motifs is 2. The molecule has 0 saturated carbocycles. The zero-order chi connectivity index (χ0) is 18.5. The van der Waals surface area contributed by atoms with E-state index < -0.39 is 10.8 Å². The molecule has 0 spiro atoms. The maximum Gasteiger partial charge on any atom is 0.256 e. The highest BCUT2D eigenvalue weighted by molar-refractivity contribution is 7.83. The first-order chi connectivity index (χ1) is 12.3. The number of amides is 1. The van der Waals surface area contributed by atoms with Crippen molar-refractivity contribution in [3.63, 3.8) is 0 Å². The Morgan fingerprint density at radius 2 is 1.85 bits per heavy atom. The Kier molecular flexibility index (Phi) is 3.95. The lowest BCUT2D eigenvalue weighted by atomic mass is 10.1. The molecule has 1 aliphatic rings. The van der Waals surface area contributed by atoms with Gasteiger partial charge >= 0.3 is 0 Å². The lowest BCUT2D eigenvalue weighted by Crippen LogP contribution is -2.27. The minimum atomic E-state index is -0.939. The molecule has 6 heteroatoms. The first kappa shape index (κ1) is 17.0. The number of carbonyl (C=O) groups is 1. The molecule has 4 rings (SSSR count). The average Bonchev–Trinajstić information content (AvgIpc) is 3.11. The number of nitrogens with zero attached hydrogens (tertiary/aromatic N) is 2. The van der Waals surface area contributed by atoms with Crippen molar-refractivity contribution in [2.45, 2.75) is 37.8 Å². The van der Waals surface area contributed by atoms with E-state index in [9.17, 15) is 9.00 Å². The van der Waals surface area contributed by atoms with Gasteiger partial charge in [-0.15, -0.1) is 0 Å². The third-order valence-electron chi connectivity index (χ3n) is 4.55. The second kappa shape index (κ2) is 6.06. The second-order valence-electron chi connectivity index (χ2n) is 7.60. The number of hydrogen-bond donors (Lipinski definition) is 1. The van der Waals surface area contributed by atoms with Crippen molar-refractivity contribution in [3.8, 4) is 0 Å². The Labute approximate surface area is 154 Å². The number of rotatable bonds is 2. The molecule has 1 atom stereocenters. The molecule has 134 valence electrons. The van der Waals surface area contributed by atoms with E-state index in [-0.39, 0.29) is 11.4 Å². The van der Waals surface area contributed by atoms with Gasteiger partial charge in [0.1, 0.15) is 5.82 Å². The molecule has 26 heavy (non-hydrogen) atoms. The number of aromatic nitrogens is 2. The molecule has 0 bridgehead atoms. The molecule has 0 saturated heterocycles. The van der Waals surface area contributed by atoms with Gasteiger partial charge in [-0.3, -0.25) is 9.00 Å². The molecule has 2 aromatic carbocycles. The topological polar surface area (TPSA) is 64.0 Å². The van der Waals surface area contributed by atoms with Crippen LogP contribution in [0.4, 0.5) is 5.82 Å². The summed E-state index contributed by atoms with van der Waals surface area (Å²) in [6.07, 6.45) is 0. The minimum absolute atomic E-state index is 0.179. The number of benzene rings is 2. The Bertz CT molecular complexity index is 1050. The first-order valence-electron chi connectivity index (χ1n) is 8.59. The predicted octanol–water partition coefficient (Wildman–Crippen LogP) is 3.81. The zero-order valence-electron chi connectivity index (χ0n) is 15.1. The highest BCUT2D eigenvalue weighted by Crippen LogP contribution is 2.33. The number of anilines is 1. The van der Waals surface area contributed by atoms with Crippen molar-refractivity contribution in [2.75, 3.05) is 5.32 Å². The van der Waals surface area contributed by atoms with Crippen LogP contribution in [0, 0.1) is 0 Å². The van der Waals surface area contributed by atoms with Crippen molar-refractivity contribution in [3.05, 3.63) is 59.3 Å². The fourth-order valence-corrected chi connectivity index (χ4v) is 4.52. The summed E-state index contributed by atoms with van der Waals surface area (Å²) in [5, 5.41) is 9.77. The molecular weight excluding hydrogens is 346 g/mol. The van der Waals surface area contributed by atoms with Crippen LogP contribution in [0.15, 0.2) is 42.5 Å². The quantitative estimate of drug-likeness (QED) is 0.749. The monoisotopic (exact) mass is 367 g/mol. The van der Waals surface area contributed by atoms with Gasteiger partial charge in [-0.25, -0.2) is 4.68 Å². The Morgan fingerprint density at radius 3 is 2.58 bits per heavy atom. The average molecular weight is 367 g/mol. The fourth-order valence-electron chi connectivity index (χ4n) is 3.25. The Hall–Kier alpha value is -2.47. The van der Waals surface area contributed by atoms with Crippen molar-refractivity contribution < 1.29 is 9.00 Å². The van der Waals surface area contributed by atoms with E-state index in [0.717, 1.165) is 22.0 Å². The van der Waals surface area contributed by atoms with Gasteiger partial charge in [0.25, 0.3) is 5.91 Å². The van der Waals surface area contributed by atoms with Crippen LogP contribution >= 0.6 is 0 Å². The van der Waals surface area contributed by atoms with Crippen molar-refractivity contribution in [1.29, 1.82) is 0 Å². The van der Waals surface area contributed by atoms with Gasteiger partial charge in [-0.2, -0.15) is 5.10 Å². The molecule has 1 aromatic heterocycles. The molecule has 1 N–H and O–H groups in total. The molecular formula is C20H21N3O2S. The zero-order valence-corrected chi connectivity index (χ0v) is 15.9. The lowest BCUT2D eigenvalue weighted by Gasteiger charge is -2.23. The van der Waals surface area contributed by atoms with E-state index in [1.807, 2.05) is 67.9 Å². The molecule has 1 aliphatic heterocycles. The molecule has 5 nitrogen and oxygen atoms in total. The van der Waals surface area contributed by atoms with Gasteiger partial charge in [-0.05, 0) is 43.7 Å². The predicted molar refractivity (Wildman–Crippen MR) is 105 cm³/mol. The maximum atomic E-state index is 12.9. The van der Waals surface area contributed by atoms with E-state index in [1.54, 1.807) is 0 Å². The molecule has 3 aromatic rings. The van der Waals surface area contributed by atoms with Crippen LogP contribution in [-0.2, 0) is 27.8 Å². The summed E-state index contributed by atoms with van der Waals surface area (Å²) in [6, 6.07) is 13.6. The first-order valence-corrected chi connectivity index (χ1v) is 10.1. The molecule has 0 aliphatic carbocycles. The highest BCUT2D eigenvalue weighted by atomic mass is 32.2. The molecule has 0 fully saturated rings. The molecule has 1 unspecified atom stereocenters. The summed E-state index contributed by atoms with van der Waals surface area (Å²) in [5.41, 5.74) is 2.04. The van der Waals surface area contributed by atoms with Gasteiger partial charge in [0.15, 0.2) is 0 Å². The molecule has 0 radical (unpaired) electrons. The van der Waals surface area contributed by atoms with Gasteiger partial charge in [0.2, 0.25) is 0 Å². The summed E-state index contributed by atoms with van der Waals surface area (Å²) in [5.74, 6) is 1.38. The van der Waals surface area contributed by atoms with E-state index in [4.69, 9.17) is 0 Å². The van der Waals surface area contributed by atoms with Crippen LogP contribution in [0.3, 0.4) is 0 Å². The van der Waals surface area contributed by atoms with E-state index in [1.165, 1.54) is 0 Å². The van der Waals surface area contributed by atoms with Crippen molar-refractivity contribution in [1.82, 2.24) is 9.78 Å². The van der Waals surface area contributed by atoms with Crippen LogP contribution < -0.4 is 5.32 Å². The minimum Gasteiger partial charge on any atom is -0.306 e. The van der Waals surface area contributed by atoms with Gasteiger partial charge in [0.05, 0.1) is 22.7 Å². The van der Waals surface area contributed by atoms with Crippen LogP contribution in [0.25, 0.3) is 10.8 Å². The van der Waals surface area contributed by atoms with Crippen LogP contribution in [0.5, 0.6) is 0 Å². The summed E-state index contributed by atoms with van der Waals surface area (Å²) in [7, 11) is -0.939. The van der Waals surface area contributed by atoms with E-state index in [0.29, 0.717) is 22.9 Å². The van der Waals surface area contributed by atoms with E-state index >= 15 is 0 Å². The normalized spacial score (nSPS) is 16.7. The maximum absolute atomic E-state index is 12.9. The summed E-state index contributed by atoms with van der Waals surface area (Å²) < 4.78 is 13.8. The summed E-state index contributed by atoms with van der Waals surface area (Å²) in [6.45, 7) is 6.12.